The molecule has 0 radical (unpaired) electrons. The standard InChI is InChI=1S/C9H13N3OS/c1-14-8-10-9(13)12(11-8)7-5-3-2-4-6-7/h3,5,7H,2,4,6H2,1H3,(H,10,11,13). The smallest absolute Gasteiger partial charge is 0.284 e. The highest BCUT2D eigenvalue weighted by Crippen LogP contribution is 2.20. The summed E-state index contributed by atoms with van der Waals surface area (Å²) in [5, 5.41) is 4.90. The molecule has 0 aromatic carbocycles. The van der Waals surface area contributed by atoms with Crippen molar-refractivity contribution in [3.8, 4) is 0 Å². The van der Waals surface area contributed by atoms with E-state index in [1.54, 1.807) is 4.68 Å². The second kappa shape index (κ2) is 4.04. The quantitative estimate of drug-likeness (QED) is 0.597. The number of rotatable bonds is 2. The van der Waals surface area contributed by atoms with Crippen molar-refractivity contribution in [3.63, 3.8) is 0 Å². The van der Waals surface area contributed by atoms with Crippen LogP contribution in [0, 0.1) is 0 Å². The van der Waals surface area contributed by atoms with E-state index in [0.717, 1.165) is 19.3 Å². The molecule has 1 aromatic heterocycles. The van der Waals surface area contributed by atoms with Gasteiger partial charge in [0.25, 0.3) is 0 Å². The summed E-state index contributed by atoms with van der Waals surface area (Å²) < 4.78 is 1.54. The van der Waals surface area contributed by atoms with Crippen molar-refractivity contribution in [2.24, 2.45) is 0 Å². The van der Waals surface area contributed by atoms with Crippen molar-refractivity contribution in [2.45, 2.75) is 30.5 Å². The minimum Gasteiger partial charge on any atom is -0.284 e. The summed E-state index contributed by atoms with van der Waals surface area (Å²) in [5.74, 6) is 0. The Morgan fingerprint density at radius 3 is 3.14 bits per heavy atom. The zero-order valence-electron chi connectivity index (χ0n) is 8.06. The molecule has 1 aliphatic carbocycles. The van der Waals surface area contributed by atoms with Gasteiger partial charge in [-0.05, 0) is 25.5 Å². The number of nitrogens with zero attached hydrogens (tertiary/aromatic N) is 2. The van der Waals surface area contributed by atoms with Crippen LogP contribution >= 0.6 is 11.8 Å². The Morgan fingerprint density at radius 2 is 2.57 bits per heavy atom. The van der Waals surface area contributed by atoms with E-state index in [-0.39, 0.29) is 11.7 Å². The van der Waals surface area contributed by atoms with E-state index in [0.29, 0.717) is 5.16 Å². The summed E-state index contributed by atoms with van der Waals surface area (Å²) in [6.07, 6.45) is 9.35. The molecule has 5 heteroatoms. The molecule has 1 atom stereocenters. The highest BCUT2D eigenvalue weighted by molar-refractivity contribution is 7.98. The van der Waals surface area contributed by atoms with E-state index in [1.165, 1.54) is 11.8 Å². The third-order valence-corrected chi connectivity index (χ3v) is 2.93. The number of aromatic amines is 1. The second-order valence-corrected chi connectivity index (χ2v) is 4.11. The van der Waals surface area contributed by atoms with Gasteiger partial charge in [-0.15, -0.1) is 5.10 Å². The molecule has 0 spiro atoms. The molecule has 1 aromatic rings. The van der Waals surface area contributed by atoms with Crippen molar-refractivity contribution < 1.29 is 0 Å². The predicted molar refractivity (Wildman–Crippen MR) is 56.7 cm³/mol. The van der Waals surface area contributed by atoms with Gasteiger partial charge in [0.15, 0.2) is 5.16 Å². The van der Waals surface area contributed by atoms with Gasteiger partial charge in [-0.25, -0.2) is 9.48 Å². The van der Waals surface area contributed by atoms with Crippen molar-refractivity contribution in [1.82, 2.24) is 14.8 Å². The molecule has 14 heavy (non-hydrogen) atoms. The van der Waals surface area contributed by atoms with Crippen LogP contribution in [-0.4, -0.2) is 21.0 Å². The zero-order chi connectivity index (χ0) is 9.97. The third kappa shape index (κ3) is 1.77. The van der Waals surface area contributed by atoms with Crippen LogP contribution in [0.3, 0.4) is 0 Å². The molecule has 1 aliphatic rings. The van der Waals surface area contributed by atoms with Gasteiger partial charge in [0.05, 0.1) is 6.04 Å². The van der Waals surface area contributed by atoms with Crippen LogP contribution in [0.15, 0.2) is 22.1 Å². The Kier molecular flexibility index (Phi) is 2.77. The topological polar surface area (TPSA) is 50.7 Å². The SMILES string of the molecule is CSc1nn(C2C=CCCC2)c(=O)[nH]1. The predicted octanol–water partition coefficient (Wildman–Crippen LogP) is 1.57. The van der Waals surface area contributed by atoms with Gasteiger partial charge in [0.1, 0.15) is 0 Å². The van der Waals surface area contributed by atoms with Gasteiger partial charge in [0.2, 0.25) is 0 Å². The summed E-state index contributed by atoms with van der Waals surface area (Å²) in [6.45, 7) is 0. The third-order valence-electron chi connectivity index (χ3n) is 2.36. The fourth-order valence-electron chi connectivity index (χ4n) is 1.63. The van der Waals surface area contributed by atoms with Crippen LogP contribution in [0.4, 0.5) is 0 Å². The summed E-state index contributed by atoms with van der Waals surface area (Å²) in [7, 11) is 0. The fourth-order valence-corrected chi connectivity index (χ4v) is 1.99. The van der Waals surface area contributed by atoms with Crippen molar-refractivity contribution in [1.29, 1.82) is 0 Å². The second-order valence-electron chi connectivity index (χ2n) is 3.31. The monoisotopic (exact) mass is 211 g/mol. The highest BCUT2D eigenvalue weighted by atomic mass is 32.2. The summed E-state index contributed by atoms with van der Waals surface area (Å²) in [4.78, 5) is 14.2. The molecule has 1 unspecified atom stereocenters. The lowest BCUT2D eigenvalue weighted by Gasteiger charge is -2.14. The van der Waals surface area contributed by atoms with Crippen molar-refractivity contribution in [3.05, 3.63) is 22.6 Å². The summed E-state index contributed by atoms with van der Waals surface area (Å²) in [6, 6.07) is 0.147. The largest absolute Gasteiger partial charge is 0.344 e. The molecule has 1 heterocycles. The molecular weight excluding hydrogens is 198 g/mol. The van der Waals surface area contributed by atoms with Crippen molar-refractivity contribution in [2.75, 3.05) is 6.26 Å². The summed E-state index contributed by atoms with van der Waals surface area (Å²) in [5.41, 5.74) is -0.106. The minimum atomic E-state index is -0.106. The van der Waals surface area contributed by atoms with Gasteiger partial charge in [-0.3, -0.25) is 4.98 Å². The average Bonchev–Trinajstić information content (AvgIpc) is 2.61. The first-order valence-electron chi connectivity index (χ1n) is 4.71. The lowest BCUT2D eigenvalue weighted by atomic mass is 10.0. The molecule has 0 saturated carbocycles. The molecule has 0 saturated heterocycles. The van der Waals surface area contributed by atoms with Gasteiger partial charge < -0.3 is 0 Å². The Hall–Kier alpha value is -0.970. The van der Waals surface area contributed by atoms with Crippen molar-refractivity contribution >= 4 is 11.8 Å². The minimum absolute atomic E-state index is 0.106. The number of thioether (sulfide) groups is 1. The van der Waals surface area contributed by atoms with E-state index in [2.05, 4.69) is 22.2 Å². The molecule has 76 valence electrons. The maximum atomic E-state index is 11.5. The lowest BCUT2D eigenvalue weighted by molar-refractivity contribution is 0.456. The van der Waals surface area contributed by atoms with E-state index >= 15 is 0 Å². The van der Waals surface area contributed by atoms with Gasteiger partial charge in [-0.2, -0.15) is 0 Å². The van der Waals surface area contributed by atoms with Crippen LogP contribution in [0.1, 0.15) is 25.3 Å². The molecule has 0 aliphatic heterocycles. The Morgan fingerprint density at radius 1 is 1.71 bits per heavy atom. The normalized spacial score (nSPS) is 21.4. The Labute approximate surface area is 86.4 Å². The van der Waals surface area contributed by atoms with Crippen LogP contribution < -0.4 is 5.69 Å². The first-order valence-corrected chi connectivity index (χ1v) is 5.93. The first-order chi connectivity index (χ1) is 6.81. The molecule has 0 amide bonds. The maximum absolute atomic E-state index is 11.5. The van der Waals surface area contributed by atoms with Crippen LogP contribution in [0.25, 0.3) is 0 Å². The average molecular weight is 211 g/mol. The Balaban J connectivity index is 2.30. The van der Waals surface area contributed by atoms with E-state index < -0.39 is 0 Å². The molecular formula is C9H13N3OS. The number of hydrogen-bond donors (Lipinski definition) is 1. The molecule has 2 rings (SSSR count). The van der Waals surface area contributed by atoms with Gasteiger partial charge in [-0.1, -0.05) is 23.9 Å². The lowest BCUT2D eigenvalue weighted by Crippen LogP contribution is -2.23. The van der Waals surface area contributed by atoms with Gasteiger partial charge >= 0.3 is 5.69 Å². The van der Waals surface area contributed by atoms with E-state index in [1.807, 2.05) is 6.26 Å². The van der Waals surface area contributed by atoms with Gasteiger partial charge in [0, 0.05) is 0 Å². The molecule has 4 nitrogen and oxygen atoms in total. The number of aromatic nitrogens is 3. The number of hydrogen-bond acceptors (Lipinski definition) is 3. The molecule has 0 fully saturated rings. The number of H-pyrrole nitrogens is 1. The van der Waals surface area contributed by atoms with E-state index in [9.17, 15) is 4.79 Å². The van der Waals surface area contributed by atoms with Crippen LogP contribution in [-0.2, 0) is 0 Å². The maximum Gasteiger partial charge on any atom is 0.344 e. The number of nitrogens with one attached hydrogen (secondary N) is 1. The molecule has 0 bridgehead atoms. The fraction of sp³-hybridized carbons (Fsp3) is 0.556. The zero-order valence-corrected chi connectivity index (χ0v) is 8.88. The van der Waals surface area contributed by atoms with E-state index in [4.69, 9.17) is 0 Å². The summed E-state index contributed by atoms with van der Waals surface area (Å²) >= 11 is 1.46. The number of allylic oxidation sites excluding steroid dienone is 2. The van der Waals surface area contributed by atoms with Crippen LogP contribution in [0.5, 0.6) is 0 Å². The Bertz CT molecular complexity index is 393. The van der Waals surface area contributed by atoms with Crippen LogP contribution in [0.2, 0.25) is 0 Å². The molecule has 1 N–H and O–H groups in total. The highest BCUT2D eigenvalue weighted by Gasteiger charge is 2.14. The first kappa shape index (κ1) is 9.58.